The number of hydrogen-bond donors (Lipinski definition) is 4. The average Bonchev–Trinajstić information content (AvgIpc) is 2.84. The average molecular weight is 236 g/mol. The van der Waals surface area contributed by atoms with Crippen molar-refractivity contribution in [3.8, 4) is 0 Å². The van der Waals surface area contributed by atoms with E-state index in [0.29, 0.717) is 0 Å². The lowest BCUT2D eigenvalue weighted by Crippen LogP contribution is -2.35. The molecule has 2 aliphatic rings. The highest BCUT2D eigenvalue weighted by atomic mass is 15.8. The maximum atomic E-state index is 3.11. The molecule has 0 aromatic carbocycles. The predicted molar refractivity (Wildman–Crippen MR) is 70.3 cm³/mol. The molecule has 4 N–H and O–H groups in total. The minimum Gasteiger partial charge on any atom is -0.221 e. The number of allylic oxidation sites excluding steroid dienone is 2. The number of rotatable bonds is 5. The van der Waals surface area contributed by atoms with Crippen molar-refractivity contribution in [1.29, 1.82) is 0 Å². The third kappa shape index (κ3) is 3.64. The second kappa shape index (κ2) is 6.31. The van der Waals surface area contributed by atoms with Crippen LogP contribution in [-0.2, 0) is 0 Å². The lowest BCUT2D eigenvalue weighted by molar-refractivity contribution is 0.415. The normalized spacial score (nSPS) is 27.2. The fourth-order valence-electron chi connectivity index (χ4n) is 2.62. The maximum absolute atomic E-state index is 3.11. The molecule has 1 aliphatic heterocycles. The quantitative estimate of drug-likeness (QED) is 0.587. The Kier molecular flexibility index (Phi) is 4.74. The monoisotopic (exact) mass is 236 g/mol. The van der Waals surface area contributed by atoms with Gasteiger partial charge in [-0.25, -0.2) is 10.9 Å². The Balaban J connectivity index is 1.79. The topological polar surface area (TPSA) is 48.1 Å². The van der Waals surface area contributed by atoms with Crippen LogP contribution >= 0.6 is 0 Å². The lowest BCUT2D eigenvalue weighted by Gasteiger charge is -2.21. The molecule has 0 spiro atoms. The highest BCUT2D eigenvalue weighted by Gasteiger charge is 2.19. The van der Waals surface area contributed by atoms with Crippen LogP contribution in [0.15, 0.2) is 23.8 Å². The molecule has 4 nitrogen and oxygen atoms in total. The molecule has 0 saturated carbocycles. The van der Waals surface area contributed by atoms with Gasteiger partial charge >= 0.3 is 0 Å². The molecule has 17 heavy (non-hydrogen) atoms. The first-order valence-corrected chi connectivity index (χ1v) is 6.69. The summed E-state index contributed by atoms with van der Waals surface area (Å²) in [5, 5.41) is 0. The van der Waals surface area contributed by atoms with Crippen molar-refractivity contribution in [3.05, 3.63) is 23.8 Å². The highest BCUT2D eigenvalue weighted by molar-refractivity contribution is 5.28. The van der Waals surface area contributed by atoms with Crippen molar-refractivity contribution in [2.24, 2.45) is 11.8 Å². The molecule has 1 aliphatic carbocycles. The summed E-state index contributed by atoms with van der Waals surface area (Å²) in [4.78, 5) is 0. The summed E-state index contributed by atoms with van der Waals surface area (Å²) in [7, 11) is 0. The van der Waals surface area contributed by atoms with Crippen LogP contribution in [-0.4, -0.2) is 6.17 Å². The lowest BCUT2D eigenvalue weighted by atomic mass is 9.86. The highest BCUT2D eigenvalue weighted by Crippen LogP contribution is 2.25. The van der Waals surface area contributed by atoms with E-state index in [0.717, 1.165) is 11.8 Å². The van der Waals surface area contributed by atoms with Gasteiger partial charge in [-0.05, 0) is 30.3 Å². The SMILES string of the molecule is CCCC(C)CC1C=CC(C2NNNN2)=CC1. The molecule has 4 heteroatoms. The number of hydrazine groups is 3. The van der Waals surface area contributed by atoms with E-state index >= 15 is 0 Å². The fraction of sp³-hybridized carbons (Fsp3) is 0.692. The third-order valence-electron chi connectivity index (χ3n) is 3.53. The molecule has 0 amide bonds. The van der Waals surface area contributed by atoms with Crippen LogP contribution in [0.5, 0.6) is 0 Å². The number of hydrogen-bond acceptors (Lipinski definition) is 4. The predicted octanol–water partition coefficient (Wildman–Crippen LogP) is 1.76. The summed E-state index contributed by atoms with van der Waals surface area (Å²) in [5.74, 6) is 1.57. The van der Waals surface area contributed by atoms with E-state index in [2.05, 4.69) is 54.0 Å². The Hall–Kier alpha value is -0.680. The van der Waals surface area contributed by atoms with E-state index in [1.807, 2.05) is 0 Å². The van der Waals surface area contributed by atoms with Crippen molar-refractivity contribution < 1.29 is 0 Å². The van der Waals surface area contributed by atoms with Crippen molar-refractivity contribution >= 4 is 0 Å². The first kappa shape index (κ1) is 12.8. The van der Waals surface area contributed by atoms with E-state index in [1.54, 1.807) is 0 Å². The molecule has 1 heterocycles. The van der Waals surface area contributed by atoms with Crippen LogP contribution in [0.4, 0.5) is 0 Å². The zero-order chi connectivity index (χ0) is 12.1. The van der Waals surface area contributed by atoms with Gasteiger partial charge in [-0.2, -0.15) is 11.1 Å². The van der Waals surface area contributed by atoms with Crippen LogP contribution in [0.1, 0.15) is 39.5 Å². The summed E-state index contributed by atoms with van der Waals surface area (Å²) in [6.07, 6.45) is 12.3. The first-order chi connectivity index (χ1) is 8.29. The molecular formula is C13H24N4. The van der Waals surface area contributed by atoms with Gasteiger partial charge < -0.3 is 0 Å². The van der Waals surface area contributed by atoms with Gasteiger partial charge in [0.15, 0.2) is 0 Å². The van der Waals surface area contributed by atoms with Crippen LogP contribution in [0, 0.1) is 11.8 Å². The smallest absolute Gasteiger partial charge is 0.111 e. The Morgan fingerprint density at radius 1 is 1.35 bits per heavy atom. The summed E-state index contributed by atoms with van der Waals surface area (Å²) in [6.45, 7) is 4.63. The molecule has 0 radical (unpaired) electrons. The van der Waals surface area contributed by atoms with Gasteiger partial charge in [0.05, 0.1) is 0 Å². The second-order valence-electron chi connectivity index (χ2n) is 5.16. The maximum Gasteiger partial charge on any atom is 0.111 e. The molecule has 0 aromatic rings. The first-order valence-electron chi connectivity index (χ1n) is 6.69. The Bertz CT molecular complexity index is 292. The van der Waals surface area contributed by atoms with E-state index in [-0.39, 0.29) is 6.17 Å². The van der Waals surface area contributed by atoms with E-state index in [1.165, 1.54) is 31.3 Å². The summed E-state index contributed by atoms with van der Waals surface area (Å²) in [6, 6.07) is 0. The molecule has 2 rings (SSSR count). The minimum atomic E-state index is 0.181. The van der Waals surface area contributed by atoms with Crippen LogP contribution < -0.4 is 21.9 Å². The van der Waals surface area contributed by atoms with Crippen molar-refractivity contribution in [1.82, 2.24) is 21.9 Å². The van der Waals surface area contributed by atoms with Gasteiger partial charge in [0.25, 0.3) is 0 Å². The van der Waals surface area contributed by atoms with Crippen LogP contribution in [0.2, 0.25) is 0 Å². The zero-order valence-corrected chi connectivity index (χ0v) is 10.8. The van der Waals surface area contributed by atoms with Gasteiger partial charge in [-0.3, -0.25) is 0 Å². The molecule has 2 unspecified atom stereocenters. The van der Waals surface area contributed by atoms with Crippen LogP contribution in [0.25, 0.3) is 0 Å². The minimum absolute atomic E-state index is 0.181. The van der Waals surface area contributed by atoms with Gasteiger partial charge in [0.2, 0.25) is 0 Å². The largest absolute Gasteiger partial charge is 0.221 e. The zero-order valence-electron chi connectivity index (χ0n) is 10.8. The second-order valence-corrected chi connectivity index (χ2v) is 5.16. The molecule has 2 atom stereocenters. The summed E-state index contributed by atoms with van der Waals surface area (Å²) >= 11 is 0. The van der Waals surface area contributed by atoms with Crippen molar-refractivity contribution in [2.75, 3.05) is 0 Å². The summed E-state index contributed by atoms with van der Waals surface area (Å²) in [5.41, 5.74) is 13.2. The molecule has 0 aromatic heterocycles. The molecule has 1 saturated heterocycles. The Labute approximate surface area is 104 Å². The Morgan fingerprint density at radius 3 is 2.71 bits per heavy atom. The van der Waals surface area contributed by atoms with Crippen molar-refractivity contribution in [2.45, 2.75) is 45.7 Å². The summed E-state index contributed by atoms with van der Waals surface area (Å²) < 4.78 is 0. The third-order valence-corrected chi connectivity index (χ3v) is 3.53. The van der Waals surface area contributed by atoms with Gasteiger partial charge in [-0.1, -0.05) is 44.9 Å². The molecule has 1 fully saturated rings. The van der Waals surface area contributed by atoms with E-state index in [4.69, 9.17) is 0 Å². The van der Waals surface area contributed by atoms with Gasteiger partial charge in [0.1, 0.15) is 6.17 Å². The number of nitrogens with one attached hydrogen (secondary N) is 4. The molecular weight excluding hydrogens is 212 g/mol. The van der Waals surface area contributed by atoms with Crippen molar-refractivity contribution in [3.63, 3.8) is 0 Å². The Morgan fingerprint density at radius 2 is 2.12 bits per heavy atom. The standard InChI is InChI=1S/C13H24N4/c1-3-4-10(2)9-11-5-7-12(8-6-11)13-14-16-17-15-13/h5,7-8,10-11,13-17H,3-4,6,9H2,1-2H3. The van der Waals surface area contributed by atoms with Gasteiger partial charge in [0, 0.05) is 0 Å². The molecule has 96 valence electrons. The van der Waals surface area contributed by atoms with E-state index in [9.17, 15) is 0 Å². The van der Waals surface area contributed by atoms with E-state index < -0.39 is 0 Å². The van der Waals surface area contributed by atoms with Gasteiger partial charge in [-0.15, -0.1) is 0 Å². The molecule has 0 bridgehead atoms. The fourth-order valence-corrected chi connectivity index (χ4v) is 2.62. The van der Waals surface area contributed by atoms with Crippen LogP contribution in [0.3, 0.4) is 0 Å².